The van der Waals surface area contributed by atoms with E-state index < -0.39 is 17.5 Å². The molecular formula is C9H7F3INO. The van der Waals surface area contributed by atoms with Gasteiger partial charge in [-0.25, -0.2) is 0 Å². The van der Waals surface area contributed by atoms with Gasteiger partial charge >= 0.3 is 6.18 Å². The molecular weight excluding hydrogens is 322 g/mol. The molecule has 0 fully saturated rings. The van der Waals surface area contributed by atoms with E-state index in [4.69, 9.17) is 5.73 Å². The Labute approximate surface area is 97.8 Å². The predicted octanol–water partition coefficient (Wildman–Crippen LogP) is 3.09. The normalized spacial score (nSPS) is 11.5. The Bertz CT molecular complexity index is 415. The van der Waals surface area contributed by atoms with E-state index in [2.05, 4.69) is 0 Å². The van der Waals surface area contributed by atoms with Crippen LogP contribution < -0.4 is 5.73 Å². The number of hydrogen-bond donors (Lipinski definition) is 1. The second kappa shape index (κ2) is 3.99. The molecule has 82 valence electrons. The smallest absolute Gasteiger partial charge is 0.398 e. The Morgan fingerprint density at radius 1 is 1.40 bits per heavy atom. The summed E-state index contributed by atoms with van der Waals surface area (Å²) < 4.78 is 37.5. The summed E-state index contributed by atoms with van der Waals surface area (Å²) in [6, 6.07) is 1.65. The zero-order valence-corrected chi connectivity index (χ0v) is 9.81. The molecule has 6 heteroatoms. The van der Waals surface area contributed by atoms with E-state index in [0.717, 1.165) is 12.1 Å². The second-order valence-corrected chi connectivity index (χ2v) is 4.06. The van der Waals surface area contributed by atoms with Crippen molar-refractivity contribution in [3.63, 3.8) is 0 Å². The predicted molar refractivity (Wildman–Crippen MR) is 58.6 cm³/mol. The van der Waals surface area contributed by atoms with E-state index in [0.29, 0.717) is 3.57 Å². The van der Waals surface area contributed by atoms with Crippen LogP contribution in [-0.4, -0.2) is 5.78 Å². The van der Waals surface area contributed by atoms with Crippen LogP contribution in [0.1, 0.15) is 22.8 Å². The molecule has 1 aromatic carbocycles. The number of anilines is 1. The number of carbonyl (C=O) groups excluding carboxylic acids is 1. The average molecular weight is 329 g/mol. The number of ketones is 1. The molecule has 0 saturated carbocycles. The van der Waals surface area contributed by atoms with Crippen LogP contribution in [-0.2, 0) is 6.18 Å². The van der Waals surface area contributed by atoms with E-state index in [9.17, 15) is 18.0 Å². The first-order valence-electron chi connectivity index (χ1n) is 3.90. The topological polar surface area (TPSA) is 43.1 Å². The van der Waals surface area contributed by atoms with Crippen molar-refractivity contribution in [3.05, 3.63) is 26.8 Å². The minimum atomic E-state index is -4.48. The second-order valence-electron chi connectivity index (χ2n) is 2.98. The van der Waals surface area contributed by atoms with Gasteiger partial charge < -0.3 is 5.73 Å². The Kier molecular flexibility index (Phi) is 3.27. The molecule has 0 spiro atoms. The summed E-state index contributed by atoms with van der Waals surface area (Å²) >= 11 is 1.75. The lowest BCUT2D eigenvalue weighted by Gasteiger charge is -2.11. The fourth-order valence-electron chi connectivity index (χ4n) is 1.07. The number of nitrogen functional groups attached to an aromatic ring is 1. The molecule has 0 amide bonds. The van der Waals surface area contributed by atoms with Crippen LogP contribution in [0.5, 0.6) is 0 Å². The van der Waals surface area contributed by atoms with E-state index in [1.807, 2.05) is 0 Å². The monoisotopic (exact) mass is 329 g/mol. The summed E-state index contributed by atoms with van der Waals surface area (Å²) in [5, 5.41) is 0. The summed E-state index contributed by atoms with van der Waals surface area (Å²) in [5.41, 5.74) is 4.47. The molecule has 0 radical (unpaired) electrons. The number of Topliss-reactive ketones (excluding diaryl/α,β-unsaturated/α-hetero) is 1. The van der Waals surface area contributed by atoms with Crippen molar-refractivity contribution in [2.45, 2.75) is 13.1 Å². The Hall–Kier alpha value is -0.790. The molecule has 0 heterocycles. The molecule has 0 aliphatic rings. The first-order chi connectivity index (χ1) is 6.73. The summed E-state index contributed by atoms with van der Waals surface area (Å²) in [5.74, 6) is -0.433. The van der Waals surface area contributed by atoms with Crippen LogP contribution in [0, 0.1) is 3.57 Å². The van der Waals surface area contributed by atoms with Gasteiger partial charge in [-0.1, -0.05) is 0 Å². The number of halogens is 4. The zero-order chi connectivity index (χ0) is 11.8. The molecule has 0 aliphatic carbocycles. The van der Waals surface area contributed by atoms with Gasteiger partial charge in [0.15, 0.2) is 5.78 Å². The summed E-state index contributed by atoms with van der Waals surface area (Å²) in [6.45, 7) is 1.21. The van der Waals surface area contributed by atoms with Gasteiger partial charge in [-0.15, -0.1) is 0 Å². The highest BCUT2D eigenvalue weighted by molar-refractivity contribution is 14.1. The number of rotatable bonds is 1. The Balaban J connectivity index is 3.43. The van der Waals surface area contributed by atoms with E-state index in [1.54, 1.807) is 22.6 Å². The van der Waals surface area contributed by atoms with Crippen molar-refractivity contribution in [2.24, 2.45) is 0 Å². The van der Waals surface area contributed by atoms with Gasteiger partial charge in [0.25, 0.3) is 0 Å². The molecule has 0 aromatic heterocycles. The summed E-state index contributed by atoms with van der Waals surface area (Å²) in [6.07, 6.45) is -4.48. The molecule has 0 bridgehead atoms. The fourth-order valence-corrected chi connectivity index (χ4v) is 1.76. The number of nitrogens with two attached hydrogens (primary N) is 1. The SMILES string of the molecule is CC(=O)c1cc(C(F)(F)F)cc(N)c1I. The number of hydrogen-bond acceptors (Lipinski definition) is 2. The zero-order valence-electron chi connectivity index (χ0n) is 7.65. The Morgan fingerprint density at radius 2 is 1.93 bits per heavy atom. The van der Waals surface area contributed by atoms with Crippen molar-refractivity contribution < 1.29 is 18.0 Å². The van der Waals surface area contributed by atoms with Crippen LogP contribution in [0.15, 0.2) is 12.1 Å². The lowest BCUT2D eigenvalue weighted by Crippen LogP contribution is -2.10. The van der Waals surface area contributed by atoms with Crippen molar-refractivity contribution in [1.82, 2.24) is 0 Å². The largest absolute Gasteiger partial charge is 0.416 e. The van der Waals surface area contributed by atoms with Crippen molar-refractivity contribution >= 4 is 34.1 Å². The van der Waals surface area contributed by atoms with Crippen molar-refractivity contribution in [2.75, 3.05) is 5.73 Å². The van der Waals surface area contributed by atoms with Crippen LogP contribution >= 0.6 is 22.6 Å². The first kappa shape index (κ1) is 12.3. The molecule has 0 unspecified atom stereocenters. The van der Waals surface area contributed by atoms with Gasteiger partial charge in [0, 0.05) is 14.8 Å². The molecule has 0 saturated heterocycles. The van der Waals surface area contributed by atoms with E-state index >= 15 is 0 Å². The molecule has 1 aromatic rings. The molecule has 0 aliphatic heterocycles. The number of benzene rings is 1. The van der Waals surface area contributed by atoms with Crippen LogP contribution in [0.25, 0.3) is 0 Å². The van der Waals surface area contributed by atoms with Crippen LogP contribution in [0.3, 0.4) is 0 Å². The van der Waals surface area contributed by atoms with Crippen LogP contribution in [0.2, 0.25) is 0 Å². The number of alkyl halides is 3. The highest BCUT2D eigenvalue weighted by atomic mass is 127. The van der Waals surface area contributed by atoms with E-state index in [-0.39, 0.29) is 11.3 Å². The lowest BCUT2D eigenvalue weighted by atomic mass is 10.1. The van der Waals surface area contributed by atoms with E-state index in [1.165, 1.54) is 6.92 Å². The average Bonchev–Trinajstić information content (AvgIpc) is 2.06. The summed E-state index contributed by atoms with van der Waals surface area (Å²) in [7, 11) is 0. The van der Waals surface area contributed by atoms with Crippen molar-refractivity contribution in [1.29, 1.82) is 0 Å². The minimum Gasteiger partial charge on any atom is -0.398 e. The minimum absolute atomic E-state index is 0.00271. The Morgan fingerprint density at radius 3 is 2.33 bits per heavy atom. The standard InChI is InChI=1S/C9H7F3INO/c1-4(15)6-2-5(9(10,11)12)3-7(14)8(6)13/h2-3H,14H2,1H3. The molecule has 1 rings (SSSR count). The third kappa shape index (κ3) is 2.61. The highest BCUT2D eigenvalue weighted by Crippen LogP contribution is 2.33. The van der Waals surface area contributed by atoms with Gasteiger partial charge in [-0.3, -0.25) is 4.79 Å². The van der Waals surface area contributed by atoms with Gasteiger partial charge in [-0.2, -0.15) is 13.2 Å². The maximum absolute atomic E-state index is 12.4. The molecule has 0 atom stereocenters. The third-order valence-corrected chi connectivity index (χ3v) is 3.01. The number of carbonyl (C=O) groups is 1. The third-order valence-electron chi connectivity index (χ3n) is 1.81. The highest BCUT2D eigenvalue weighted by Gasteiger charge is 2.32. The maximum atomic E-state index is 12.4. The van der Waals surface area contributed by atoms with Gasteiger partial charge in [-0.05, 0) is 41.6 Å². The fraction of sp³-hybridized carbons (Fsp3) is 0.222. The van der Waals surface area contributed by atoms with Crippen molar-refractivity contribution in [3.8, 4) is 0 Å². The first-order valence-corrected chi connectivity index (χ1v) is 4.98. The lowest BCUT2D eigenvalue weighted by molar-refractivity contribution is -0.137. The maximum Gasteiger partial charge on any atom is 0.416 e. The molecule has 15 heavy (non-hydrogen) atoms. The quantitative estimate of drug-likeness (QED) is 0.489. The summed E-state index contributed by atoms with van der Waals surface area (Å²) in [4.78, 5) is 11.1. The molecule has 2 nitrogen and oxygen atoms in total. The van der Waals surface area contributed by atoms with Gasteiger partial charge in [0.2, 0.25) is 0 Å². The van der Waals surface area contributed by atoms with Crippen LogP contribution in [0.4, 0.5) is 18.9 Å². The van der Waals surface area contributed by atoms with Gasteiger partial charge in [0.05, 0.1) is 5.56 Å². The molecule has 2 N–H and O–H groups in total. The van der Waals surface area contributed by atoms with Gasteiger partial charge in [0.1, 0.15) is 0 Å².